The maximum Gasteiger partial charge on any atom is 0.230 e. The van der Waals surface area contributed by atoms with Crippen LogP contribution in [0.25, 0.3) is 0 Å². The van der Waals surface area contributed by atoms with Crippen LogP contribution in [0.5, 0.6) is 0 Å². The standard InChI is InChI=1S/C17H23N3O2S/c1-10-9-23-16(18-10)14-7-5-6-8-20(14)17(21)11(2)15-12(3)19-22-13(15)4/h9,11,14H,5-8H2,1-4H3/t11-,14-/m1/s1. The molecule has 6 heteroatoms. The molecule has 0 bridgehead atoms. The van der Waals surface area contributed by atoms with E-state index in [1.54, 1.807) is 11.3 Å². The van der Waals surface area contributed by atoms with Crippen molar-refractivity contribution in [1.29, 1.82) is 0 Å². The molecule has 0 aromatic carbocycles. The summed E-state index contributed by atoms with van der Waals surface area (Å²) in [5.41, 5.74) is 2.76. The molecule has 0 aliphatic carbocycles. The molecule has 0 saturated carbocycles. The molecule has 5 nitrogen and oxygen atoms in total. The van der Waals surface area contributed by atoms with Crippen molar-refractivity contribution < 1.29 is 9.32 Å². The number of hydrogen-bond acceptors (Lipinski definition) is 5. The quantitative estimate of drug-likeness (QED) is 0.854. The van der Waals surface area contributed by atoms with E-state index in [1.807, 2.05) is 32.6 Å². The summed E-state index contributed by atoms with van der Waals surface area (Å²) in [6.45, 7) is 8.52. The molecular weight excluding hydrogens is 310 g/mol. The Kier molecular flexibility index (Phi) is 4.53. The first-order valence-electron chi connectivity index (χ1n) is 8.14. The van der Waals surface area contributed by atoms with E-state index in [2.05, 4.69) is 15.5 Å². The summed E-state index contributed by atoms with van der Waals surface area (Å²) < 4.78 is 5.24. The summed E-state index contributed by atoms with van der Waals surface area (Å²) in [5.74, 6) is 0.655. The third kappa shape index (κ3) is 3.04. The number of thiazole rings is 1. The van der Waals surface area contributed by atoms with Gasteiger partial charge in [0.2, 0.25) is 5.91 Å². The Morgan fingerprint density at radius 2 is 2.17 bits per heavy atom. The van der Waals surface area contributed by atoms with Crippen molar-refractivity contribution in [3.8, 4) is 0 Å². The van der Waals surface area contributed by atoms with Gasteiger partial charge in [-0.3, -0.25) is 4.79 Å². The van der Waals surface area contributed by atoms with Crippen LogP contribution in [0.2, 0.25) is 0 Å². The second kappa shape index (κ2) is 6.43. The Balaban J connectivity index is 1.87. The number of carbonyl (C=O) groups is 1. The number of likely N-dealkylation sites (tertiary alicyclic amines) is 1. The number of nitrogens with zero attached hydrogens (tertiary/aromatic N) is 3. The molecule has 0 unspecified atom stereocenters. The van der Waals surface area contributed by atoms with E-state index in [4.69, 9.17) is 4.52 Å². The van der Waals surface area contributed by atoms with Crippen molar-refractivity contribution in [1.82, 2.24) is 15.0 Å². The first-order valence-corrected chi connectivity index (χ1v) is 9.02. The molecule has 2 aromatic rings. The van der Waals surface area contributed by atoms with Gasteiger partial charge in [0.05, 0.1) is 17.7 Å². The number of rotatable bonds is 3. The van der Waals surface area contributed by atoms with Crippen LogP contribution < -0.4 is 0 Å². The van der Waals surface area contributed by atoms with E-state index in [-0.39, 0.29) is 17.9 Å². The van der Waals surface area contributed by atoms with Crippen molar-refractivity contribution in [3.63, 3.8) is 0 Å². The molecule has 3 rings (SSSR count). The van der Waals surface area contributed by atoms with Crippen molar-refractivity contribution in [2.45, 2.75) is 58.9 Å². The van der Waals surface area contributed by atoms with Gasteiger partial charge in [-0.05, 0) is 47.0 Å². The van der Waals surface area contributed by atoms with Gasteiger partial charge in [0.1, 0.15) is 10.8 Å². The van der Waals surface area contributed by atoms with E-state index in [9.17, 15) is 4.79 Å². The largest absolute Gasteiger partial charge is 0.361 e. The molecule has 124 valence electrons. The summed E-state index contributed by atoms with van der Waals surface area (Å²) in [4.78, 5) is 19.8. The molecule has 0 radical (unpaired) electrons. The summed E-state index contributed by atoms with van der Waals surface area (Å²) in [6.07, 6.45) is 3.20. The van der Waals surface area contributed by atoms with Crippen LogP contribution in [0.15, 0.2) is 9.90 Å². The van der Waals surface area contributed by atoms with Crippen LogP contribution in [-0.4, -0.2) is 27.5 Å². The highest BCUT2D eigenvalue weighted by molar-refractivity contribution is 7.09. The van der Waals surface area contributed by atoms with E-state index in [0.717, 1.165) is 53.5 Å². The maximum atomic E-state index is 13.1. The highest BCUT2D eigenvalue weighted by atomic mass is 32.1. The van der Waals surface area contributed by atoms with Crippen LogP contribution in [0.1, 0.15) is 65.9 Å². The minimum absolute atomic E-state index is 0.109. The van der Waals surface area contributed by atoms with Crippen LogP contribution in [0.3, 0.4) is 0 Å². The number of hydrogen-bond donors (Lipinski definition) is 0. The Morgan fingerprint density at radius 1 is 1.39 bits per heavy atom. The molecule has 1 amide bonds. The SMILES string of the molecule is Cc1csc([C@H]2CCCCN2C(=O)[C@H](C)c2c(C)noc2C)n1. The first kappa shape index (κ1) is 16.2. The number of piperidine rings is 1. The average molecular weight is 333 g/mol. The van der Waals surface area contributed by atoms with Gasteiger partial charge in [0.15, 0.2) is 0 Å². The minimum atomic E-state index is -0.233. The second-order valence-electron chi connectivity index (χ2n) is 6.33. The van der Waals surface area contributed by atoms with Crippen molar-refractivity contribution >= 4 is 17.2 Å². The molecular formula is C17H23N3O2S. The van der Waals surface area contributed by atoms with Gasteiger partial charge in [-0.25, -0.2) is 4.98 Å². The summed E-state index contributed by atoms with van der Waals surface area (Å²) >= 11 is 1.66. The molecule has 23 heavy (non-hydrogen) atoms. The summed E-state index contributed by atoms with van der Waals surface area (Å²) in [6, 6.07) is 0.109. The van der Waals surface area contributed by atoms with Crippen LogP contribution in [0.4, 0.5) is 0 Å². The van der Waals surface area contributed by atoms with Gasteiger partial charge in [-0.2, -0.15) is 0 Å². The fourth-order valence-corrected chi connectivity index (χ4v) is 4.40. The van der Waals surface area contributed by atoms with E-state index in [0.29, 0.717) is 0 Å². The van der Waals surface area contributed by atoms with Crippen LogP contribution >= 0.6 is 11.3 Å². The number of amides is 1. The highest BCUT2D eigenvalue weighted by Gasteiger charge is 2.34. The lowest BCUT2D eigenvalue weighted by atomic mass is 9.94. The predicted molar refractivity (Wildman–Crippen MR) is 89.5 cm³/mol. The van der Waals surface area contributed by atoms with Crippen LogP contribution in [0, 0.1) is 20.8 Å². The Bertz CT molecular complexity index is 687. The Hall–Kier alpha value is -1.69. The van der Waals surface area contributed by atoms with Gasteiger partial charge in [-0.15, -0.1) is 11.3 Å². The molecule has 1 aliphatic rings. The lowest BCUT2D eigenvalue weighted by Crippen LogP contribution is -2.40. The summed E-state index contributed by atoms with van der Waals surface area (Å²) in [5, 5.41) is 7.11. The number of aromatic nitrogens is 2. The zero-order valence-corrected chi connectivity index (χ0v) is 14.9. The third-order valence-corrected chi connectivity index (χ3v) is 5.66. The summed E-state index contributed by atoms with van der Waals surface area (Å²) in [7, 11) is 0. The van der Waals surface area contributed by atoms with Crippen LogP contribution in [-0.2, 0) is 4.79 Å². The molecule has 2 aromatic heterocycles. The van der Waals surface area contributed by atoms with Crippen molar-refractivity contribution in [2.75, 3.05) is 6.54 Å². The minimum Gasteiger partial charge on any atom is -0.361 e. The molecule has 1 saturated heterocycles. The third-order valence-electron chi connectivity index (χ3n) is 4.60. The smallest absolute Gasteiger partial charge is 0.230 e. The Morgan fingerprint density at radius 3 is 2.78 bits per heavy atom. The van der Waals surface area contributed by atoms with Gasteiger partial charge in [0.25, 0.3) is 0 Å². The van der Waals surface area contributed by atoms with E-state index < -0.39 is 0 Å². The highest BCUT2D eigenvalue weighted by Crippen LogP contribution is 2.36. The zero-order valence-electron chi connectivity index (χ0n) is 14.1. The zero-order chi connectivity index (χ0) is 16.6. The average Bonchev–Trinajstić information content (AvgIpc) is 3.12. The Labute approximate surface area is 140 Å². The molecule has 0 spiro atoms. The van der Waals surface area contributed by atoms with Crippen molar-refractivity contribution in [2.24, 2.45) is 0 Å². The monoisotopic (exact) mass is 333 g/mol. The first-order chi connectivity index (χ1) is 11.0. The van der Waals surface area contributed by atoms with E-state index in [1.165, 1.54) is 0 Å². The van der Waals surface area contributed by atoms with Gasteiger partial charge in [0, 0.05) is 23.2 Å². The topological polar surface area (TPSA) is 59.2 Å². The fraction of sp³-hybridized carbons (Fsp3) is 0.588. The van der Waals surface area contributed by atoms with Gasteiger partial charge in [-0.1, -0.05) is 5.16 Å². The maximum absolute atomic E-state index is 13.1. The molecule has 2 atom stereocenters. The molecule has 1 fully saturated rings. The number of carbonyl (C=O) groups excluding carboxylic acids is 1. The molecule has 0 N–H and O–H groups in total. The van der Waals surface area contributed by atoms with Gasteiger partial charge < -0.3 is 9.42 Å². The predicted octanol–water partition coefficient (Wildman–Crippen LogP) is 3.91. The fourth-order valence-electron chi connectivity index (χ4n) is 3.46. The lowest BCUT2D eigenvalue weighted by Gasteiger charge is -2.36. The lowest BCUT2D eigenvalue weighted by molar-refractivity contribution is -0.136. The van der Waals surface area contributed by atoms with Gasteiger partial charge >= 0.3 is 0 Å². The van der Waals surface area contributed by atoms with Crippen molar-refractivity contribution in [3.05, 3.63) is 33.1 Å². The molecule has 3 heterocycles. The second-order valence-corrected chi connectivity index (χ2v) is 7.22. The molecule has 1 aliphatic heterocycles. The number of aryl methyl sites for hydroxylation is 3. The van der Waals surface area contributed by atoms with E-state index >= 15 is 0 Å². The normalized spacial score (nSPS) is 19.8.